The second-order valence-electron chi connectivity index (χ2n) is 7.82. The van der Waals surface area contributed by atoms with Crippen LogP contribution < -0.4 is 15.0 Å². The fourth-order valence-electron chi connectivity index (χ4n) is 3.72. The van der Waals surface area contributed by atoms with Gasteiger partial charge in [-0.25, -0.2) is 9.97 Å². The van der Waals surface area contributed by atoms with E-state index in [0.29, 0.717) is 12.3 Å². The van der Waals surface area contributed by atoms with Gasteiger partial charge in [0.25, 0.3) is 5.91 Å². The number of amides is 1. The van der Waals surface area contributed by atoms with Gasteiger partial charge >= 0.3 is 0 Å². The third-order valence-electron chi connectivity index (χ3n) is 5.58. The van der Waals surface area contributed by atoms with Crippen LogP contribution in [0, 0.1) is 0 Å². The SMILES string of the molecule is CC(Oc1ccc(-c2ccccc2)cc1)C(=O)NCCN1CCN(c2ncccn2)CC1. The first-order valence-corrected chi connectivity index (χ1v) is 11.0. The van der Waals surface area contributed by atoms with Gasteiger partial charge in [0, 0.05) is 51.7 Å². The zero-order chi connectivity index (χ0) is 22.2. The van der Waals surface area contributed by atoms with Crippen molar-refractivity contribution in [3.8, 4) is 16.9 Å². The molecule has 1 N–H and O–H groups in total. The molecule has 3 aromatic rings. The summed E-state index contributed by atoms with van der Waals surface area (Å²) in [4.78, 5) is 25.6. The van der Waals surface area contributed by atoms with E-state index in [0.717, 1.165) is 49.8 Å². The summed E-state index contributed by atoms with van der Waals surface area (Å²) >= 11 is 0. The van der Waals surface area contributed by atoms with Crippen molar-refractivity contribution >= 4 is 11.9 Å². The zero-order valence-corrected chi connectivity index (χ0v) is 18.4. The minimum absolute atomic E-state index is 0.103. The van der Waals surface area contributed by atoms with Crippen LogP contribution in [0.2, 0.25) is 0 Å². The molecule has 32 heavy (non-hydrogen) atoms. The molecule has 0 saturated carbocycles. The molecule has 2 aromatic carbocycles. The molecular weight excluding hydrogens is 402 g/mol. The smallest absolute Gasteiger partial charge is 0.260 e. The Labute approximate surface area is 189 Å². The second kappa shape index (κ2) is 10.7. The van der Waals surface area contributed by atoms with Crippen molar-refractivity contribution in [2.24, 2.45) is 0 Å². The molecule has 0 spiro atoms. The highest BCUT2D eigenvalue weighted by molar-refractivity contribution is 5.80. The molecule has 1 fully saturated rings. The molecule has 0 radical (unpaired) electrons. The molecule has 1 amide bonds. The maximum atomic E-state index is 12.4. The Hall–Kier alpha value is -3.45. The summed E-state index contributed by atoms with van der Waals surface area (Å²) in [6, 6.07) is 19.8. The molecule has 2 heterocycles. The predicted octanol–water partition coefficient (Wildman–Crippen LogP) is 2.85. The number of benzene rings is 2. The third-order valence-corrected chi connectivity index (χ3v) is 5.58. The van der Waals surface area contributed by atoms with Gasteiger partial charge in [-0.3, -0.25) is 9.69 Å². The largest absolute Gasteiger partial charge is 0.481 e. The third kappa shape index (κ3) is 5.82. The van der Waals surface area contributed by atoms with Gasteiger partial charge in [0.05, 0.1) is 0 Å². The van der Waals surface area contributed by atoms with Gasteiger partial charge in [-0.2, -0.15) is 0 Å². The number of carbonyl (C=O) groups excluding carboxylic acids is 1. The maximum absolute atomic E-state index is 12.4. The van der Waals surface area contributed by atoms with E-state index in [1.54, 1.807) is 19.3 Å². The summed E-state index contributed by atoms with van der Waals surface area (Å²) in [6.45, 7) is 6.81. The van der Waals surface area contributed by atoms with Crippen molar-refractivity contribution in [2.45, 2.75) is 13.0 Å². The average molecular weight is 432 g/mol. The number of nitrogens with zero attached hydrogens (tertiary/aromatic N) is 4. The van der Waals surface area contributed by atoms with Crippen LogP contribution in [0.3, 0.4) is 0 Å². The summed E-state index contributed by atoms with van der Waals surface area (Å²) in [5.41, 5.74) is 2.27. The lowest BCUT2D eigenvalue weighted by molar-refractivity contribution is -0.127. The monoisotopic (exact) mass is 431 g/mol. The molecule has 1 atom stereocenters. The van der Waals surface area contributed by atoms with Gasteiger partial charge in [0.15, 0.2) is 6.10 Å². The number of hydrogen-bond donors (Lipinski definition) is 1. The zero-order valence-electron chi connectivity index (χ0n) is 18.4. The van der Waals surface area contributed by atoms with E-state index in [1.165, 1.54) is 0 Å². The highest BCUT2D eigenvalue weighted by Crippen LogP contribution is 2.22. The maximum Gasteiger partial charge on any atom is 0.260 e. The quantitative estimate of drug-likeness (QED) is 0.592. The summed E-state index contributed by atoms with van der Waals surface area (Å²) in [5, 5.41) is 2.99. The van der Waals surface area contributed by atoms with Crippen molar-refractivity contribution in [1.82, 2.24) is 20.2 Å². The summed E-state index contributed by atoms with van der Waals surface area (Å²) < 4.78 is 5.83. The Kier molecular flexibility index (Phi) is 7.30. The van der Waals surface area contributed by atoms with E-state index in [-0.39, 0.29) is 5.91 Å². The fraction of sp³-hybridized carbons (Fsp3) is 0.320. The number of anilines is 1. The van der Waals surface area contributed by atoms with Gasteiger partial charge in [-0.15, -0.1) is 0 Å². The van der Waals surface area contributed by atoms with E-state index >= 15 is 0 Å². The molecule has 0 aliphatic carbocycles. The standard InChI is InChI=1S/C25H29N5O2/c1-20(32-23-10-8-22(9-11-23)21-6-3-2-4-7-21)24(31)26-14-15-29-16-18-30(19-17-29)25-27-12-5-13-28-25/h2-13,20H,14-19H2,1H3,(H,26,31). The Bertz CT molecular complexity index is 974. The molecule has 1 aromatic heterocycles. The summed E-state index contributed by atoms with van der Waals surface area (Å²) in [5.74, 6) is 1.36. The highest BCUT2D eigenvalue weighted by Gasteiger charge is 2.19. The van der Waals surface area contributed by atoms with Gasteiger partial charge in [0.2, 0.25) is 5.95 Å². The molecule has 7 heteroatoms. The van der Waals surface area contributed by atoms with Crippen LogP contribution >= 0.6 is 0 Å². The topological polar surface area (TPSA) is 70.6 Å². The number of hydrogen-bond acceptors (Lipinski definition) is 6. The lowest BCUT2D eigenvalue weighted by Gasteiger charge is -2.34. The molecule has 1 unspecified atom stereocenters. The van der Waals surface area contributed by atoms with Crippen molar-refractivity contribution in [1.29, 1.82) is 0 Å². The minimum Gasteiger partial charge on any atom is -0.481 e. The van der Waals surface area contributed by atoms with Crippen LogP contribution in [0.1, 0.15) is 6.92 Å². The van der Waals surface area contributed by atoms with E-state index in [9.17, 15) is 4.79 Å². The second-order valence-corrected chi connectivity index (χ2v) is 7.82. The normalized spacial score (nSPS) is 15.2. The van der Waals surface area contributed by atoms with Crippen molar-refractivity contribution < 1.29 is 9.53 Å². The van der Waals surface area contributed by atoms with Gasteiger partial charge in [0.1, 0.15) is 5.75 Å². The van der Waals surface area contributed by atoms with Crippen LogP contribution in [0.4, 0.5) is 5.95 Å². The molecular formula is C25H29N5O2. The van der Waals surface area contributed by atoms with Crippen LogP contribution in [0.5, 0.6) is 5.75 Å². The number of ether oxygens (including phenoxy) is 1. The van der Waals surface area contributed by atoms with Crippen LogP contribution in [0.15, 0.2) is 73.1 Å². The Morgan fingerprint density at radius 1 is 0.938 bits per heavy atom. The number of rotatable bonds is 8. The average Bonchev–Trinajstić information content (AvgIpc) is 2.86. The number of nitrogens with one attached hydrogen (secondary N) is 1. The van der Waals surface area contributed by atoms with Gasteiger partial charge in [-0.1, -0.05) is 42.5 Å². The van der Waals surface area contributed by atoms with E-state index in [4.69, 9.17) is 4.74 Å². The molecule has 4 rings (SSSR count). The molecule has 166 valence electrons. The predicted molar refractivity (Wildman–Crippen MR) is 126 cm³/mol. The first-order valence-electron chi connectivity index (χ1n) is 11.0. The van der Waals surface area contributed by atoms with Crippen molar-refractivity contribution in [3.05, 3.63) is 73.1 Å². The molecule has 1 aliphatic heterocycles. The molecule has 1 saturated heterocycles. The fourth-order valence-corrected chi connectivity index (χ4v) is 3.72. The van der Waals surface area contributed by atoms with Crippen LogP contribution in [-0.2, 0) is 4.79 Å². The van der Waals surface area contributed by atoms with Crippen LogP contribution in [-0.4, -0.2) is 66.1 Å². The van der Waals surface area contributed by atoms with Crippen molar-refractivity contribution in [2.75, 3.05) is 44.2 Å². The lowest BCUT2D eigenvalue weighted by atomic mass is 10.1. The number of carbonyl (C=O) groups is 1. The Morgan fingerprint density at radius 3 is 2.28 bits per heavy atom. The van der Waals surface area contributed by atoms with Crippen molar-refractivity contribution in [3.63, 3.8) is 0 Å². The first kappa shape index (κ1) is 21.8. The van der Waals surface area contributed by atoms with E-state index in [2.05, 4.69) is 37.2 Å². The highest BCUT2D eigenvalue weighted by atomic mass is 16.5. The molecule has 7 nitrogen and oxygen atoms in total. The number of aromatic nitrogens is 2. The first-order chi connectivity index (χ1) is 15.7. The Morgan fingerprint density at radius 2 is 1.59 bits per heavy atom. The molecule has 0 bridgehead atoms. The van der Waals surface area contributed by atoms with Gasteiger partial charge < -0.3 is 15.0 Å². The van der Waals surface area contributed by atoms with Gasteiger partial charge in [-0.05, 0) is 36.2 Å². The lowest BCUT2D eigenvalue weighted by Crippen LogP contribution is -2.49. The number of piperazine rings is 1. The Balaban J connectivity index is 1.17. The van der Waals surface area contributed by atoms with Crippen LogP contribution in [0.25, 0.3) is 11.1 Å². The summed E-state index contributed by atoms with van der Waals surface area (Å²) in [6.07, 6.45) is 2.99. The van der Waals surface area contributed by atoms with E-state index in [1.807, 2.05) is 48.5 Å². The minimum atomic E-state index is -0.551. The molecule has 1 aliphatic rings. The summed E-state index contributed by atoms with van der Waals surface area (Å²) in [7, 11) is 0. The van der Waals surface area contributed by atoms with E-state index < -0.39 is 6.10 Å².